The van der Waals surface area contributed by atoms with Crippen LogP contribution >= 0.6 is 0 Å². The normalized spacial score (nSPS) is 16.9. The molecule has 120 valence electrons. The van der Waals surface area contributed by atoms with E-state index in [0.717, 1.165) is 42.4 Å². The quantitative estimate of drug-likeness (QED) is 0.775. The van der Waals surface area contributed by atoms with Gasteiger partial charge in [0.05, 0.1) is 31.5 Å². The second-order valence-corrected chi connectivity index (χ2v) is 5.20. The van der Waals surface area contributed by atoms with Crippen LogP contribution in [0.3, 0.4) is 0 Å². The molecular formula is C16H19FN6. The fourth-order valence-corrected chi connectivity index (χ4v) is 2.67. The minimum atomic E-state index is 0.428. The van der Waals surface area contributed by atoms with Gasteiger partial charge < -0.3 is 10.6 Å². The Balaban J connectivity index is 0.000000753. The van der Waals surface area contributed by atoms with Crippen LogP contribution in [0.25, 0.3) is 17.0 Å². The number of fused-ring (bicyclic) bond motifs is 1. The molecule has 4 rings (SSSR count). The maximum absolute atomic E-state index is 9.50. The lowest BCUT2D eigenvalue weighted by molar-refractivity contribution is 0.636. The Bertz CT molecular complexity index is 766. The average Bonchev–Trinajstić information content (AvgIpc) is 3.26. The summed E-state index contributed by atoms with van der Waals surface area (Å²) in [6.07, 6.45) is 8.47. The Morgan fingerprint density at radius 2 is 2.17 bits per heavy atom. The number of nitrogens with one attached hydrogen (secondary N) is 2. The van der Waals surface area contributed by atoms with Gasteiger partial charge in [-0.25, -0.2) is 9.97 Å². The van der Waals surface area contributed by atoms with E-state index in [1.807, 2.05) is 35.0 Å². The highest BCUT2D eigenvalue weighted by molar-refractivity contribution is 5.60. The number of pyridine rings is 1. The van der Waals surface area contributed by atoms with Gasteiger partial charge in [-0.15, -0.1) is 0 Å². The fraction of sp³-hybridized carbons (Fsp3) is 0.312. The number of hydrogen-bond acceptors (Lipinski definition) is 5. The molecule has 0 spiro atoms. The third-order valence-corrected chi connectivity index (χ3v) is 3.73. The Kier molecular flexibility index (Phi) is 4.77. The largest absolute Gasteiger partial charge is 0.365 e. The number of halogens is 1. The molecular weight excluding hydrogens is 295 g/mol. The summed E-state index contributed by atoms with van der Waals surface area (Å²) in [5.41, 5.74) is 2.68. The second-order valence-electron chi connectivity index (χ2n) is 5.20. The van der Waals surface area contributed by atoms with Gasteiger partial charge in [0.2, 0.25) is 0 Å². The van der Waals surface area contributed by atoms with Gasteiger partial charge in [-0.1, -0.05) is 6.07 Å². The summed E-state index contributed by atoms with van der Waals surface area (Å²) < 4.78 is 11.5. The molecule has 1 atom stereocenters. The van der Waals surface area contributed by atoms with E-state index in [2.05, 4.69) is 25.6 Å². The number of anilines is 1. The number of nitrogens with zero attached hydrogens (tertiary/aromatic N) is 4. The van der Waals surface area contributed by atoms with E-state index < -0.39 is 0 Å². The van der Waals surface area contributed by atoms with Crippen molar-refractivity contribution < 1.29 is 4.39 Å². The van der Waals surface area contributed by atoms with Crippen molar-refractivity contribution in [1.82, 2.24) is 24.7 Å². The van der Waals surface area contributed by atoms with Crippen molar-refractivity contribution >= 4 is 11.5 Å². The lowest BCUT2D eigenvalue weighted by Crippen LogP contribution is -2.22. The van der Waals surface area contributed by atoms with Crippen LogP contribution in [0.1, 0.15) is 6.42 Å². The highest BCUT2D eigenvalue weighted by Crippen LogP contribution is 2.19. The van der Waals surface area contributed by atoms with Gasteiger partial charge in [0, 0.05) is 18.8 Å². The van der Waals surface area contributed by atoms with Gasteiger partial charge >= 0.3 is 0 Å². The minimum absolute atomic E-state index is 0.428. The lowest BCUT2D eigenvalue weighted by Gasteiger charge is -2.12. The molecule has 23 heavy (non-hydrogen) atoms. The SMILES string of the molecule is CF.c1ccn2c(-c3cncc(NC4CCNC4)n3)cnc2c1. The third kappa shape index (κ3) is 3.29. The van der Waals surface area contributed by atoms with Crippen LogP contribution in [-0.2, 0) is 0 Å². The van der Waals surface area contributed by atoms with Crippen LogP contribution in [-0.4, -0.2) is 45.7 Å². The predicted molar refractivity (Wildman–Crippen MR) is 88.1 cm³/mol. The van der Waals surface area contributed by atoms with E-state index in [1.165, 1.54) is 0 Å². The smallest absolute Gasteiger partial charge is 0.145 e. The molecule has 0 bridgehead atoms. The number of aromatic nitrogens is 4. The van der Waals surface area contributed by atoms with Crippen LogP contribution in [0.5, 0.6) is 0 Å². The van der Waals surface area contributed by atoms with Crippen LogP contribution in [0.2, 0.25) is 0 Å². The summed E-state index contributed by atoms with van der Waals surface area (Å²) in [6.45, 7) is 2.03. The standard InChI is InChI=1S/C15H16N6.CH3F/c1-2-6-21-13(9-18-15(21)3-1)12-8-17-10-14(20-12)19-11-4-5-16-7-11;1-2/h1-3,6,8-11,16H,4-5,7H2,(H,19,20);1H3. The highest BCUT2D eigenvalue weighted by Gasteiger charge is 2.15. The predicted octanol–water partition coefficient (Wildman–Crippen LogP) is 2.15. The van der Waals surface area contributed by atoms with Crippen molar-refractivity contribution in [2.75, 3.05) is 25.6 Å². The number of hydrogen-bond donors (Lipinski definition) is 2. The molecule has 3 aromatic rings. The molecule has 0 aliphatic carbocycles. The lowest BCUT2D eigenvalue weighted by atomic mass is 10.2. The summed E-state index contributed by atoms with van der Waals surface area (Å²) in [4.78, 5) is 13.4. The van der Waals surface area contributed by atoms with Crippen molar-refractivity contribution in [3.8, 4) is 11.4 Å². The summed E-state index contributed by atoms with van der Waals surface area (Å²) >= 11 is 0. The first-order valence-electron chi connectivity index (χ1n) is 7.50. The monoisotopic (exact) mass is 314 g/mol. The van der Waals surface area contributed by atoms with E-state index in [9.17, 15) is 4.39 Å². The van der Waals surface area contributed by atoms with Gasteiger partial charge in [0.15, 0.2) is 0 Å². The van der Waals surface area contributed by atoms with Crippen LogP contribution in [0.4, 0.5) is 10.2 Å². The molecule has 7 heteroatoms. The molecule has 0 radical (unpaired) electrons. The van der Waals surface area contributed by atoms with Crippen LogP contribution in [0.15, 0.2) is 43.0 Å². The molecule has 0 saturated carbocycles. The van der Waals surface area contributed by atoms with Crippen molar-refractivity contribution in [3.05, 3.63) is 43.0 Å². The van der Waals surface area contributed by atoms with E-state index in [0.29, 0.717) is 13.2 Å². The molecule has 1 aliphatic rings. The first-order valence-corrected chi connectivity index (χ1v) is 7.50. The molecule has 0 aromatic carbocycles. The van der Waals surface area contributed by atoms with Crippen molar-refractivity contribution in [2.45, 2.75) is 12.5 Å². The van der Waals surface area contributed by atoms with Crippen LogP contribution < -0.4 is 10.6 Å². The Morgan fingerprint density at radius 3 is 3.00 bits per heavy atom. The van der Waals surface area contributed by atoms with E-state index >= 15 is 0 Å². The molecule has 6 nitrogen and oxygen atoms in total. The molecule has 4 heterocycles. The number of alkyl halides is 1. The summed E-state index contributed by atoms with van der Waals surface area (Å²) in [5.74, 6) is 0.812. The first kappa shape index (κ1) is 15.4. The fourth-order valence-electron chi connectivity index (χ4n) is 2.67. The molecule has 1 aliphatic heterocycles. The van der Waals surface area contributed by atoms with Gasteiger partial charge in [-0.2, -0.15) is 0 Å². The van der Waals surface area contributed by atoms with Gasteiger partial charge in [-0.3, -0.25) is 13.8 Å². The number of imidazole rings is 1. The second kappa shape index (κ2) is 7.15. The van der Waals surface area contributed by atoms with E-state index in [-0.39, 0.29) is 0 Å². The topological polar surface area (TPSA) is 67.1 Å². The summed E-state index contributed by atoms with van der Waals surface area (Å²) in [6, 6.07) is 6.36. The van der Waals surface area contributed by atoms with Crippen LogP contribution in [0, 0.1) is 0 Å². The van der Waals surface area contributed by atoms with Crippen molar-refractivity contribution in [2.24, 2.45) is 0 Å². The van der Waals surface area contributed by atoms with Gasteiger partial charge in [0.1, 0.15) is 17.2 Å². The molecule has 1 unspecified atom stereocenters. The van der Waals surface area contributed by atoms with Gasteiger partial charge in [-0.05, 0) is 25.1 Å². The minimum Gasteiger partial charge on any atom is -0.365 e. The number of rotatable bonds is 3. The van der Waals surface area contributed by atoms with Gasteiger partial charge in [0.25, 0.3) is 0 Å². The molecule has 1 fully saturated rings. The van der Waals surface area contributed by atoms with E-state index in [4.69, 9.17) is 0 Å². The average molecular weight is 314 g/mol. The summed E-state index contributed by atoms with van der Waals surface area (Å²) in [5, 5.41) is 6.76. The maximum atomic E-state index is 9.50. The zero-order valence-electron chi connectivity index (χ0n) is 12.9. The Morgan fingerprint density at radius 1 is 1.26 bits per heavy atom. The zero-order chi connectivity index (χ0) is 16.1. The molecule has 0 amide bonds. The molecule has 1 saturated heterocycles. The first-order chi connectivity index (χ1) is 11.4. The zero-order valence-corrected chi connectivity index (χ0v) is 12.9. The third-order valence-electron chi connectivity index (χ3n) is 3.73. The summed E-state index contributed by atoms with van der Waals surface area (Å²) in [7, 11) is 0.500. The molecule has 2 N–H and O–H groups in total. The highest BCUT2D eigenvalue weighted by atomic mass is 19.1. The maximum Gasteiger partial charge on any atom is 0.145 e. The van der Waals surface area contributed by atoms with Crippen molar-refractivity contribution in [1.29, 1.82) is 0 Å². The Labute approximate surface area is 133 Å². The molecule has 3 aromatic heterocycles. The van der Waals surface area contributed by atoms with Crippen molar-refractivity contribution in [3.63, 3.8) is 0 Å². The van der Waals surface area contributed by atoms with E-state index in [1.54, 1.807) is 12.4 Å². The Hall–Kier alpha value is -2.54.